The lowest BCUT2D eigenvalue weighted by molar-refractivity contribution is 0.157. The van der Waals surface area contributed by atoms with Crippen molar-refractivity contribution in [1.82, 2.24) is 14.0 Å². The smallest absolute Gasteiger partial charge is 0.203 e. The highest BCUT2D eigenvalue weighted by molar-refractivity contribution is 5.86. The fourth-order valence-corrected chi connectivity index (χ4v) is 4.94. The Bertz CT molecular complexity index is 1240. The third kappa shape index (κ3) is 3.91. The van der Waals surface area contributed by atoms with E-state index in [1.54, 1.807) is 0 Å². The first kappa shape index (κ1) is 20.0. The van der Waals surface area contributed by atoms with Crippen molar-refractivity contribution in [2.75, 3.05) is 19.6 Å². The number of rotatable bonds is 6. The maximum atomic E-state index is 11.2. The third-order valence-corrected chi connectivity index (χ3v) is 6.60. The molecule has 2 N–H and O–H groups in total. The van der Waals surface area contributed by atoms with Crippen molar-refractivity contribution < 1.29 is 5.11 Å². The van der Waals surface area contributed by atoms with Gasteiger partial charge in [0, 0.05) is 13.1 Å². The van der Waals surface area contributed by atoms with E-state index in [1.807, 2.05) is 41.0 Å². The Balaban J connectivity index is 1.47. The second kappa shape index (κ2) is 8.69. The summed E-state index contributed by atoms with van der Waals surface area (Å²) in [6, 6.07) is 22.4. The number of nitrogens with zero attached hydrogens (tertiary/aromatic N) is 3. The number of hydrogen-bond donors (Lipinski definition) is 2. The highest BCUT2D eigenvalue weighted by Gasteiger charge is 2.17. The molecule has 1 saturated heterocycles. The minimum atomic E-state index is -0.679. The molecule has 4 aromatic rings. The van der Waals surface area contributed by atoms with E-state index in [0.717, 1.165) is 53.5 Å². The molecule has 0 radical (unpaired) electrons. The zero-order chi connectivity index (χ0) is 21.2. The molecule has 1 atom stereocenters. The molecule has 5 nitrogen and oxygen atoms in total. The number of aliphatic hydroxyl groups is 1. The fraction of sp³-hybridized carbons (Fsp3) is 0.346. The largest absolute Gasteiger partial charge is 0.387 e. The summed E-state index contributed by atoms with van der Waals surface area (Å²) in [5, 5.41) is 22.3. The van der Waals surface area contributed by atoms with Gasteiger partial charge in [0.25, 0.3) is 0 Å². The maximum Gasteiger partial charge on any atom is 0.203 e. The SMILES string of the molecule is N=c1n(CCN2CCCCC2)c2ccccc2n1C[C@H](O)c1cccc2ccccc12. The second-order valence-electron chi connectivity index (χ2n) is 8.56. The van der Waals surface area contributed by atoms with E-state index in [9.17, 15) is 5.11 Å². The van der Waals surface area contributed by atoms with Gasteiger partial charge in [0.2, 0.25) is 5.62 Å². The summed E-state index contributed by atoms with van der Waals surface area (Å²) in [7, 11) is 0. The first-order valence-electron chi connectivity index (χ1n) is 11.3. The molecule has 0 spiro atoms. The van der Waals surface area contributed by atoms with Crippen LogP contribution in [-0.2, 0) is 13.1 Å². The van der Waals surface area contributed by atoms with Crippen LogP contribution in [0, 0.1) is 5.41 Å². The molecule has 5 heteroatoms. The number of benzene rings is 3. The van der Waals surface area contributed by atoms with Crippen molar-refractivity contribution in [1.29, 1.82) is 5.41 Å². The molecule has 0 bridgehead atoms. The number of fused-ring (bicyclic) bond motifs is 2. The van der Waals surface area contributed by atoms with Crippen LogP contribution >= 0.6 is 0 Å². The summed E-state index contributed by atoms with van der Waals surface area (Å²) in [5.74, 6) is 0. The van der Waals surface area contributed by atoms with E-state index in [1.165, 1.54) is 19.3 Å². The molecule has 2 heterocycles. The minimum absolute atomic E-state index is 0.365. The highest BCUT2D eigenvalue weighted by atomic mass is 16.3. The van der Waals surface area contributed by atoms with Crippen molar-refractivity contribution >= 4 is 21.8 Å². The molecule has 31 heavy (non-hydrogen) atoms. The van der Waals surface area contributed by atoms with Crippen LogP contribution in [0.15, 0.2) is 66.7 Å². The van der Waals surface area contributed by atoms with Crippen molar-refractivity contribution in [3.63, 3.8) is 0 Å². The van der Waals surface area contributed by atoms with Crippen LogP contribution in [0.2, 0.25) is 0 Å². The lowest BCUT2D eigenvalue weighted by atomic mass is 10.0. The molecule has 1 aromatic heterocycles. The van der Waals surface area contributed by atoms with Gasteiger partial charge in [0.15, 0.2) is 0 Å². The number of hydrogen-bond acceptors (Lipinski definition) is 3. The molecular formula is C26H30N4O. The summed E-state index contributed by atoms with van der Waals surface area (Å²) in [6.45, 7) is 4.45. The van der Waals surface area contributed by atoms with Crippen LogP contribution in [0.4, 0.5) is 0 Å². The van der Waals surface area contributed by atoms with Gasteiger partial charge < -0.3 is 19.1 Å². The normalized spacial score (nSPS) is 16.2. The van der Waals surface area contributed by atoms with E-state index in [0.29, 0.717) is 12.2 Å². The topological polar surface area (TPSA) is 57.2 Å². The summed E-state index contributed by atoms with van der Waals surface area (Å²) < 4.78 is 4.05. The molecule has 160 valence electrons. The molecule has 0 saturated carbocycles. The lowest BCUT2D eigenvalue weighted by Crippen LogP contribution is -2.35. The van der Waals surface area contributed by atoms with Crippen molar-refractivity contribution in [3.8, 4) is 0 Å². The van der Waals surface area contributed by atoms with Crippen molar-refractivity contribution in [2.45, 2.75) is 38.5 Å². The van der Waals surface area contributed by atoms with Crippen LogP contribution in [0.3, 0.4) is 0 Å². The summed E-state index contributed by atoms with van der Waals surface area (Å²) in [4.78, 5) is 2.51. The Morgan fingerprint density at radius 1 is 0.774 bits per heavy atom. The van der Waals surface area contributed by atoms with Gasteiger partial charge in [0.1, 0.15) is 0 Å². The van der Waals surface area contributed by atoms with Gasteiger partial charge in [-0.15, -0.1) is 0 Å². The standard InChI is InChI=1S/C26H30N4O/c27-26-29(18-17-28-15-6-1-7-16-28)23-13-4-5-14-24(23)30(26)19-25(31)22-12-8-10-20-9-2-3-11-21(20)22/h2-5,8-14,25,27,31H,1,6-7,15-19H2/t25-/m0/s1. The molecule has 0 amide bonds. The lowest BCUT2D eigenvalue weighted by Gasteiger charge is -2.26. The van der Waals surface area contributed by atoms with Crippen LogP contribution in [-0.4, -0.2) is 38.8 Å². The molecule has 0 aliphatic carbocycles. The quantitative estimate of drug-likeness (QED) is 0.494. The molecule has 3 aromatic carbocycles. The Kier molecular flexibility index (Phi) is 5.62. The Morgan fingerprint density at radius 3 is 2.26 bits per heavy atom. The second-order valence-corrected chi connectivity index (χ2v) is 8.56. The molecule has 1 aliphatic heterocycles. The van der Waals surface area contributed by atoms with Gasteiger partial charge >= 0.3 is 0 Å². The average Bonchev–Trinajstić information content (AvgIpc) is 3.08. The third-order valence-electron chi connectivity index (χ3n) is 6.60. The number of imidazole rings is 1. The molecule has 1 fully saturated rings. The molecule has 0 unspecified atom stereocenters. The van der Waals surface area contributed by atoms with Gasteiger partial charge in [-0.25, -0.2) is 0 Å². The summed E-state index contributed by atoms with van der Waals surface area (Å²) in [5.41, 5.74) is 3.44. The van der Waals surface area contributed by atoms with Gasteiger partial charge in [-0.1, -0.05) is 61.0 Å². The fourth-order valence-electron chi connectivity index (χ4n) is 4.94. The summed E-state index contributed by atoms with van der Waals surface area (Å²) >= 11 is 0. The van der Waals surface area contributed by atoms with Gasteiger partial charge in [0.05, 0.1) is 23.7 Å². The van der Waals surface area contributed by atoms with E-state index >= 15 is 0 Å². The van der Waals surface area contributed by atoms with Crippen LogP contribution < -0.4 is 5.62 Å². The first-order valence-corrected chi connectivity index (χ1v) is 11.3. The number of para-hydroxylation sites is 2. The van der Waals surface area contributed by atoms with Crippen LogP contribution in [0.25, 0.3) is 21.8 Å². The predicted molar refractivity (Wildman–Crippen MR) is 125 cm³/mol. The Hall–Kier alpha value is -2.89. The van der Waals surface area contributed by atoms with Gasteiger partial charge in [-0.3, -0.25) is 5.41 Å². The number of aromatic nitrogens is 2. The zero-order valence-electron chi connectivity index (χ0n) is 17.9. The van der Waals surface area contributed by atoms with Crippen molar-refractivity contribution in [3.05, 3.63) is 77.9 Å². The average molecular weight is 415 g/mol. The molecular weight excluding hydrogens is 384 g/mol. The van der Waals surface area contributed by atoms with E-state index in [2.05, 4.69) is 39.8 Å². The number of aliphatic hydroxyl groups excluding tert-OH is 1. The van der Waals surface area contributed by atoms with Crippen molar-refractivity contribution in [2.24, 2.45) is 0 Å². The van der Waals surface area contributed by atoms with E-state index in [4.69, 9.17) is 5.41 Å². The predicted octanol–water partition coefficient (Wildman–Crippen LogP) is 4.29. The molecule has 5 rings (SSSR count). The monoisotopic (exact) mass is 414 g/mol. The first-order chi connectivity index (χ1) is 15.2. The zero-order valence-corrected chi connectivity index (χ0v) is 17.9. The number of piperidine rings is 1. The maximum absolute atomic E-state index is 11.2. The van der Waals surface area contributed by atoms with Crippen LogP contribution in [0.5, 0.6) is 0 Å². The Labute approximate surface area is 182 Å². The van der Waals surface area contributed by atoms with E-state index in [-0.39, 0.29) is 0 Å². The highest BCUT2D eigenvalue weighted by Crippen LogP contribution is 2.26. The van der Waals surface area contributed by atoms with Gasteiger partial charge in [-0.05, 0) is 54.4 Å². The Morgan fingerprint density at radius 2 is 1.45 bits per heavy atom. The van der Waals surface area contributed by atoms with Crippen LogP contribution in [0.1, 0.15) is 30.9 Å². The number of likely N-dealkylation sites (tertiary alicyclic amines) is 1. The minimum Gasteiger partial charge on any atom is -0.387 e. The number of nitrogens with one attached hydrogen (secondary N) is 1. The molecule has 1 aliphatic rings. The van der Waals surface area contributed by atoms with Gasteiger partial charge in [-0.2, -0.15) is 0 Å². The van der Waals surface area contributed by atoms with E-state index < -0.39 is 6.10 Å². The summed E-state index contributed by atoms with van der Waals surface area (Å²) in [6.07, 6.45) is 3.20.